The summed E-state index contributed by atoms with van der Waals surface area (Å²) in [7, 11) is 0. The van der Waals surface area contributed by atoms with Gasteiger partial charge >= 0.3 is 0 Å². The summed E-state index contributed by atoms with van der Waals surface area (Å²) in [6, 6.07) is 2.16. The molecule has 1 heterocycles. The molecule has 5 rings (SSSR count). The predicted octanol–water partition coefficient (Wildman–Crippen LogP) is 2.69. The number of nitrogen functional groups attached to an aromatic ring is 1. The highest BCUT2D eigenvalue weighted by molar-refractivity contribution is 5.42. The van der Waals surface area contributed by atoms with Crippen LogP contribution in [-0.2, 0) is 6.42 Å². The van der Waals surface area contributed by atoms with Gasteiger partial charge in [0.15, 0.2) is 5.82 Å². The Morgan fingerprint density at radius 1 is 1.10 bits per heavy atom. The molecule has 108 valence electrons. The molecule has 0 aromatic carbocycles. The summed E-state index contributed by atoms with van der Waals surface area (Å²) in [6.07, 6.45) is 8.54. The lowest BCUT2D eigenvalue weighted by Crippen LogP contribution is -2.45. The van der Waals surface area contributed by atoms with Crippen molar-refractivity contribution in [1.82, 2.24) is 10.2 Å². The highest BCUT2D eigenvalue weighted by Crippen LogP contribution is 2.57. The molecular formula is C16H24N4. The van der Waals surface area contributed by atoms with Crippen LogP contribution in [0, 0.1) is 36.5 Å². The maximum Gasteiger partial charge on any atom is 0.165 e. The Balaban J connectivity index is 1.58. The van der Waals surface area contributed by atoms with Gasteiger partial charge < -0.3 is 5.43 Å². The summed E-state index contributed by atoms with van der Waals surface area (Å²) in [4.78, 5) is 0. The highest BCUT2D eigenvalue weighted by atomic mass is 15.3. The molecule has 1 aromatic rings. The zero-order chi connectivity index (χ0) is 13.7. The lowest BCUT2D eigenvalue weighted by atomic mass is 9.51. The molecule has 0 radical (unpaired) electrons. The largest absolute Gasteiger partial charge is 0.307 e. The van der Waals surface area contributed by atoms with Crippen molar-refractivity contribution in [3.63, 3.8) is 0 Å². The zero-order valence-electron chi connectivity index (χ0n) is 12.2. The van der Waals surface area contributed by atoms with E-state index in [-0.39, 0.29) is 0 Å². The van der Waals surface area contributed by atoms with E-state index in [0.717, 1.165) is 47.5 Å². The van der Waals surface area contributed by atoms with Gasteiger partial charge in [0.05, 0.1) is 5.69 Å². The standard InChI is InChI=1S/C16H24N4/c1-9-2-14(16(18-17)20-19-9)8-15-12-4-10-3-11(6-12)7-13(15)5-10/h2,10-13,15H,3-8,17H2,1H3,(H,18,20). The molecular weight excluding hydrogens is 248 g/mol. The van der Waals surface area contributed by atoms with Gasteiger partial charge in [0.1, 0.15) is 0 Å². The second-order valence-corrected chi connectivity index (χ2v) is 7.30. The number of nitrogens with zero attached hydrogens (tertiary/aromatic N) is 2. The zero-order valence-corrected chi connectivity index (χ0v) is 12.2. The van der Waals surface area contributed by atoms with Gasteiger partial charge in [-0.3, -0.25) is 0 Å². The van der Waals surface area contributed by atoms with Crippen LogP contribution in [0.1, 0.15) is 43.4 Å². The van der Waals surface area contributed by atoms with Crippen molar-refractivity contribution in [1.29, 1.82) is 0 Å². The van der Waals surface area contributed by atoms with Crippen LogP contribution >= 0.6 is 0 Å². The van der Waals surface area contributed by atoms with Crippen LogP contribution in [0.25, 0.3) is 0 Å². The fourth-order valence-corrected chi connectivity index (χ4v) is 5.44. The van der Waals surface area contributed by atoms with E-state index in [2.05, 4.69) is 21.7 Å². The van der Waals surface area contributed by atoms with Crippen molar-refractivity contribution < 1.29 is 0 Å². The highest BCUT2D eigenvalue weighted by Gasteiger charge is 2.47. The number of aromatic nitrogens is 2. The molecule has 1 aromatic heterocycles. The average Bonchev–Trinajstić information content (AvgIpc) is 2.42. The topological polar surface area (TPSA) is 63.8 Å². The molecule has 0 amide bonds. The van der Waals surface area contributed by atoms with Crippen LogP contribution in [0.15, 0.2) is 6.07 Å². The molecule has 4 saturated carbocycles. The quantitative estimate of drug-likeness (QED) is 0.656. The molecule has 4 aliphatic carbocycles. The molecule has 0 aliphatic heterocycles. The Hall–Kier alpha value is -1.16. The smallest absolute Gasteiger partial charge is 0.165 e. The Morgan fingerprint density at radius 3 is 2.35 bits per heavy atom. The maximum atomic E-state index is 5.60. The molecule has 0 atom stereocenters. The van der Waals surface area contributed by atoms with Gasteiger partial charge in [-0.05, 0) is 86.7 Å². The number of rotatable bonds is 3. The van der Waals surface area contributed by atoms with E-state index in [4.69, 9.17) is 5.84 Å². The van der Waals surface area contributed by atoms with Crippen molar-refractivity contribution in [3.05, 3.63) is 17.3 Å². The van der Waals surface area contributed by atoms with E-state index in [0.29, 0.717) is 0 Å². The van der Waals surface area contributed by atoms with Crippen LogP contribution < -0.4 is 11.3 Å². The van der Waals surface area contributed by atoms with Gasteiger partial charge in [0.2, 0.25) is 0 Å². The van der Waals surface area contributed by atoms with Crippen LogP contribution in [0.4, 0.5) is 5.82 Å². The fraction of sp³-hybridized carbons (Fsp3) is 0.750. The Bertz CT molecular complexity index is 485. The second-order valence-electron chi connectivity index (χ2n) is 7.30. The summed E-state index contributed by atoms with van der Waals surface area (Å²) in [5.74, 6) is 11.2. The lowest BCUT2D eigenvalue weighted by molar-refractivity contribution is -0.0359. The minimum Gasteiger partial charge on any atom is -0.307 e. The van der Waals surface area contributed by atoms with Crippen molar-refractivity contribution in [2.45, 2.75) is 45.4 Å². The van der Waals surface area contributed by atoms with E-state index in [1.54, 1.807) is 0 Å². The van der Waals surface area contributed by atoms with Crippen LogP contribution in [0.2, 0.25) is 0 Å². The molecule has 0 spiro atoms. The lowest BCUT2D eigenvalue weighted by Gasteiger charge is -2.54. The minimum absolute atomic E-state index is 0.768. The van der Waals surface area contributed by atoms with Gasteiger partial charge in [0.25, 0.3) is 0 Å². The van der Waals surface area contributed by atoms with Gasteiger partial charge in [-0.2, -0.15) is 5.10 Å². The molecule has 4 nitrogen and oxygen atoms in total. The summed E-state index contributed by atoms with van der Waals surface area (Å²) >= 11 is 0. The molecule has 3 N–H and O–H groups in total. The first-order valence-corrected chi connectivity index (χ1v) is 8.02. The van der Waals surface area contributed by atoms with E-state index in [1.807, 2.05) is 6.92 Å². The number of hydrogen-bond acceptors (Lipinski definition) is 4. The van der Waals surface area contributed by atoms with Crippen LogP contribution in [-0.4, -0.2) is 10.2 Å². The van der Waals surface area contributed by atoms with Gasteiger partial charge in [0, 0.05) is 0 Å². The van der Waals surface area contributed by atoms with Crippen LogP contribution in [0.5, 0.6) is 0 Å². The average molecular weight is 272 g/mol. The summed E-state index contributed by atoms with van der Waals surface area (Å²) in [5.41, 5.74) is 4.97. The number of anilines is 1. The van der Waals surface area contributed by atoms with E-state index >= 15 is 0 Å². The predicted molar refractivity (Wildman–Crippen MR) is 78.8 cm³/mol. The third-order valence-electron chi connectivity index (χ3n) is 6.01. The Labute approximate surface area is 120 Å². The second kappa shape index (κ2) is 4.69. The van der Waals surface area contributed by atoms with Crippen molar-refractivity contribution >= 4 is 5.82 Å². The minimum atomic E-state index is 0.768. The molecule has 4 fully saturated rings. The number of hydrogen-bond donors (Lipinski definition) is 2. The molecule has 4 aliphatic rings. The Kier molecular flexibility index (Phi) is 2.95. The van der Waals surface area contributed by atoms with Gasteiger partial charge in [-0.1, -0.05) is 0 Å². The number of aryl methyl sites for hydroxylation is 1. The maximum absolute atomic E-state index is 5.60. The van der Waals surface area contributed by atoms with E-state index in [9.17, 15) is 0 Å². The van der Waals surface area contributed by atoms with E-state index < -0.39 is 0 Å². The molecule has 0 unspecified atom stereocenters. The summed E-state index contributed by atoms with van der Waals surface area (Å²) in [5, 5.41) is 8.30. The first kappa shape index (κ1) is 12.6. The van der Waals surface area contributed by atoms with Gasteiger partial charge in [-0.15, -0.1) is 5.10 Å². The first-order chi connectivity index (χ1) is 9.72. The molecule has 20 heavy (non-hydrogen) atoms. The summed E-state index contributed by atoms with van der Waals surface area (Å²) in [6.45, 7) is 2.01. The van der Waals surface area contributed by atoms with Crippen LogP contribution in [0.3, 0.4) is 0 Å². The Morgan fingerprint density at radius 2 is 1.75 bits per heavy atom. The number of nitrogens with one attached hydrogen (secondary N) is 1. The number of hydrazine groups is 1. The normalized spacial score (nSPS) is 38.2. The SMILES string of the molecule is Cc1cc(CC2C3CC4CC(C3)CC2C4)c(NN)nn1. The fourth-order valence-electron chi connectivity index (χ4n) is 5.44. The number of nitrogens with two attached hydrogens (primary N) is 1. The van der Waals surface area contributed by atoms with Gasteiger partial charge in [-0.25, -0.2) is 5.84 Å². The molecule has 4 bridgehead atoms. The summed E-state index contributed by atoms with van der Waals surface area (Å²) < 4.78 is 0. The third-order valence-corrected chi connectivity index (χ3v) is 6.01. The third kappa shape index (κ3) is 2.01. The first-order valence-electron chi connectivity index (χ1n) is 8.02. The monoisotopic (exact) mass is 272 g/mol. The molecule has 4 heteroatoms. The molecule has 0 saturated heterocycles. The van der Waals surface area contributed by atoms with Crippen molar-refractivity contribution in [3.8, 4) is 0 Å². The van der Waals surface area contributed by atoms with E-state index in [1.165, 1.54) is 37.7 Å². The van der Waals surface area contributed by atoms with Crippen molar-refractivity contribution in [2.75, 3.05) is 5.43 Å². The van der Waals surface area contributed by atoms with Crippen molar-refractivity contribution in [2.24, 2.45) is 35.4 Å².